The zero-order valence-electron chi connectivity index (χ0n) is 10.1. The smallest absolute Gasteiger partial charge is 0.348 e. The van der Waals surface area contributed by atoms with Gasteiger partial charge in [-0.1, -0.05) is 11.6 Å². The molecule has 2 rings (SSSR count). The van der Waals surface area contributed by atoms with E-state index in [1.807, 2.05) is 0 Å². The first kappa shape index (κ1) is 14.5. The van der Waals surface area contributed by atoms with Gasteiger partial charge in [0.1, 0.15) is 6.54 Å². The molecule has 1 aromatic heterocycles. The highest BCUT2D eigenvalue weighted by Gasteiger charge is 2.08. The fourth-order valence-corrected chi connectivity index (χ4v) is 2.18. The van der Waals surface area contributed by atoms with Crippen molar-refractivity contribution in [2.24, 2.45) is 0 Å². The van der Waals surface area contributed by atoms with E-state index in [0.29, 0.717) is 15.8 Å². The Morgan fingerprint density at radius 3 is 2.95 bits per heavy atom. The number of nitrogens with two attached hydrogens (primary N) is 1. The summed E-state index contributed by atoms with van der Waals surface area (Å²) in [6.45, 7) is -0.177. The van der Waals surface area contributed by atoms with Crippen LogP contribution in [0.3, 0.4) is 0 Å². The Labute approximate surface area is 127 Å². The van der Waals surface area contributed by atoms with Crippen LogP contribution < -0.4 is 16.7 Å². The third-order valence-electron chi connectivity index (χ3n) is 2.40. The molecule has 0 aliphatic heterocycles. The lowest BCUT2D eigenvalue weighted by Gasteiger charge is -2.09. The summed E-state index contributed by atoms with van der Waals surface area (Å²) in [5.41, 5.74) is 6.20. The highest BCUT2D eigenvalue weighted by Crippen LogP contribution is 2.24. The Morgan fingerprint density at radius 1 is 1.50 bits per heavy atom. The molecule has 1 aromatic carbocycles. The average Bonchev–Trinajstić information content (AvgIpc) is 2.37. The van der Waals surface area contributed by atoms with Crippen LogP contribution >= 0.6 is 27.5 Å². The monoisotopic (exact) mass is 356 g/mol. The number of halogens is 2. The summed E-state index contributed by atoms with van der Waals surface area (Å²) < 4.78 is 1.78. The van der Waals surface area contributed by atoms with Gasteiger partial charge in [0.05, 0.1) is 16.9 Å². The van der Waals surface area contributed by atoms with Crippen molar-refractivity contribution in [3.8, 4) is 0 Å². The number of aromatic nitrogens is 2. The molecule has 8 heteroatoms. The number of carbonyl (C=O) groups is 1. The summed E-state index contributed by atoms with van der Waals surface area (Å²) in [6, 6.07) is 4.99. The molecular weight excluding hydrogens is 348 g/mol. The number of anilines is 2. The molecule has 0 aliphatic carbocycles. The molecule has 3 N–H and O–H groups in total. The molecule has 20 heavy (non-hydrogen) atoms. The van der Waals surface area contributed by atoms with Crippen LogP contribution in [0, 0.1) is 0 Å². The standard InChI is InChI=1S/C12H10BrClN4O2/c13-9-3-8(15)1-2-10(9)17-11(19)6-18-5-7(14)4-16-12(18)20/h1-5H,6,15H2,(H,17,19). The molecule has 0 bridgehead atoms. The summed E-state index contributed by atoms with van der Waals surface area (Å²) in [5.74, 6) is -0.373. The molecule has 6 nitrogen and oxygen atoms in total. The van der Waals surface area contributed by atoms with Crippen LogP contribution in [0.1, 0.15) is 0 Å². The molecule has 0 unspecified atom stereocenters. The zero-order chi connectivity index (χ0) is 14.7. The van der Waals surface area contributed by atoms with E-state index in [9.17, 15) is 9.59 Å². The normalized spacial score (nSPS) is 10.3. The van der Waals surface area contributed by atoms with Gasteiger partial charge in [-0.05, 0) is 34.1 Å². The van der Waals surface area contributed by atoms with Gasteiger partial charge < -0.3 is 11.1 Å². The molecule has 0 spiro atoms. The summed E-state index contributed by atoms with van der Waals surface area (Å²) >= 11 is 9.02. The zero-order valence-corrected chi connectivity index (χ0v) is 12.5. The number of nitrogens with one attached hydrogen (secondary N) is 1. The molecule has 1 amide bonds. The van der Waals surface area contributed by atoms with E-state index >= 15 is 0 Å². The fourth-order valence-electron chi connectivity index (χ4n) is 1.52. The van der Waals surface area contributed by atoms with Crippen molar-refractivity contribution < 1.29 is 4.79 Å². The predicted molar refractivity (Wildman–Crippen MR) is 80.7 cm³/mol. The van der Waals surface area contributed by atoms with E-state index < -0.39 is 5.69 Å². The third-order valence-corrected chi connectivity index (χ3v) is 3.26. The fraction of sp³-hybridized carbons (Fsp3) is 0.0833. The Hall–Kier alpha value is -1.86. The first-order chi connectivity index (χ1) is 9.45. The predicted octanol–water partition coefficient (Wildman–Crippen LogP) is 1.88. The third kappa shape index (κ3) is 3.58. The van der Waals surface area contributed by atoms with Crippen molar-refractivity contribution in [2.45, 2.75) is 6.54 Å². The van der Waals surface area contributed by atoms with Crippen molar-refractivity contribution in [1.29, 1.82) is 0 Å². The van der Waals surface area contributed by atoms with Gasteiger partial charge in [-0.3, -0.25) is 9.36 Å². The van der Waals surface area contributed by atoms with Gasteiger partial charge in [0.25, 0.3) is 0 Å². The molecule has 0 saturated carbocycles. The van der Waals surface area contributed by atoms with E-state index in [1.165, 1.54) is 12.4 Å². The van der Waals surface area contributed by atoms with Crippen LogP contribution in [0.5, 0.6) is 0 Å². The van der Waals surface area contributed by atoms with Crippen LogP contribution in [-0.2, 0) is 11.3 Å². The largest absolute Gasteiger partial charge is 0.399 e. The quantitative estimate of drug-likeness (QED) is 0.821. The van der Waals surface area contributed by atoms with Crippen LogP contribution in [0.15, 0.2) is 39.9 Å². The number of hydrogen-bond acceptors (Lipinski definition) is 4. The van der Waals surface area contributed by atoms with E-state index in [0.717, 1.165) is 4.57 Å². The second-order valence-electron chi connectivity index (χ2n) is 3.97. The van der Waals surface area contributed by atoms with Gasteiger partial charge in [-0.15, -0.1) is 0 Å². The molecule has 1 heterocycles. The number of hydrogen-bond donors (Lipinski definition) is 2. The molecule has 104 valence electrons. The molecule has 0 saturated heterocycles. The van der Waals surface area contributed by atoms with Gasteiger partial charge in [0, 0.05) is 16.4 Å². The van der Waals surface area contributed by atoms with Gasteiger partial charge in [-0.25, -0.2) is 9.78 Å². The van der Waals surface area contributed by atoms with Crippen molar-refractivity contribution in [2.75, 3.05) is 11.1 Å². The molecule has 0 atom stereocenters. The maximum atomic E-state index is 11.9. The van der Waals surface area contributed by atoms with Gasteiger partial charge in [-0.2, -0.15) is 0 Å². The lowest BCUT2D eigenvalue weighted by Crippen LogP contribution is -2.28. The highest BCUT2D eigenvalue weighted by molar-refractivity contribution is 9.10. The van der Waals surface area contributed by atoms with E-state index in [1.54, 1.807) is 18.2 Å². The number of carbonyl (C=O) groups excluding carboxylic acids is 1. The van der Waals surface area contributed by atoms with Crippen molar-refractivity contribution in [1.82, 2.24) is 9.55 Å². The van der Waals surface area contributed by atoms with E-state index in [4.69, 9.17) is 17.3 Å². The first-order valence-electron chi connectivity index (χ1n) is 5.52. The molecule has 0 fully saturated rings. The molecule has 0 radical (unpaired) electrons. The van der Waals surface area contributed by atoms with Crippen LogP contribution in [0.25, 0.3) is 0 Å². The Kier molecular flexibility index (Phi) is 4.41. The average molecular weight is 358 g/mol. The summed E-state index contributed by atoms with van der Waals surface area (Å²) in [4.78, 5) is 26.9. The summed E-state index contributed by atoms with van der Waals surface area (Å²) in [6.07, 6.45) is 2.59. The Balaban J connectivity index is 2.13. The van der Waals surface area contributed by atoms with Gasteiger partial charge >= 0.3 is 5.69 Å². The Bertz CT molecular complexity index is 717. The number of nitrogen functional groups attached to an aromatic ring is 1. The summed E-state index contributed by atoms with van der Waals surface area (Å²) in [5, 5.41) is 2.94. The van der Waals surface area contributed by atoms with Crippen molar-refractivity contribution in [3.63, 3.8) is 0 Å². The second-order valence-corrected chi connectivity index (χ2v) is 5.26. The second kappa shape index (κ2) is 6.06. The summed E-state index contributed by atoms with van der Waals surface area (Å²) in [7, 11) is 0. The topological polar surface area (TPSA) is 90.0 Å². The number of nitrogens with zero attached hydrogens (tertiary/aromatic N) is 2. The van der Waals surface area contributed by atoms with Crippen LogP contribution in [0.4, 0.5) is 11.4 Å². The lowest BCUT2D eigenvalue weighted by molar-refractivity contribution is -0.116. The minimum absolute atomic E-state index is 0.177. The highest BCUT2D eigenvalue weighted by atomic mass is 79.9. The minimum atomic E-state index is -0.541. The van der Waals surface area contributed by atoms with E-state index in [-0.39, 0.29) is 17.5 Å². The van der Waals surface area contributed by atoms with E-state index in [2.05, 4.69) is 26.2 Å². The maximum absolute atomic E-state index is 11.9. The number of rotatable bonds is 3. The van der Waals surface area contributed by atoms with Crippen molar-refractivity contribution >= 4 is 44.8 Å². The van der Waals surface area contributed by atoms with Gasteiger partial charge in [0.2, 0.25) is 5.91 Å². The minimum Gasteiger partial charge on any atom is -0.399 e. The SMILES string of the molecule is Nc1ccc(NC(=O)Cn2cc(Cl)cnc2=O)c(Br)c1. The van der Waals surface area contributed by atoms with Crippen molar-refractivity contribution in [3.05, 3.63) is 50.6 Å². The molecule has 0 aliphatic rings. The number of amides is 1. The molecular formula is C12H10BrClN4O2. The molecule has 2 aromatic rings. The Morgan fingerprint density at radius 2 is 2.25 bits per heavy atom. The number of benzene rings is 1. The van der Waals surface area contributed by atoms with Crippen LogP contribution in [-0.4, -0.2) is 15.5 Å². The first-order valence-corrected chi connectivity index (χ1v) is 6.69. The lowest BCUT2D eigenvalue weighted by atomic mass is 10.3. The van der Waals surface area contributed by atoms with Gasteiger partial charge in [0.15, 0.2) is 0 Å². The maximum Gasteiger partial charge on any atom is 0.348 e. The van der Waals surface area contributed by atoms with Crippen LogP contribution in [0.2, 0.25) is 5.02 Å².